The van der Waals surface area contributed by atoms with Crippen molar-refractivity contribution in [1.29, 1.82) is 0 Å². The van der Waals surface area contributed by atoms with Crippen LogP contribution in [0.25, 0.3) is 0 Å². The molecule has 1 aliphatic heterocycles. The van der Waals surface area contributed by atoms with E-state index in [1.165, 1.54) is 6.07 Å². The summed E-state index contributed by atoms with van der Waals surface area (Å²) in [5, 5.41) is -0.503. The molecule has 2 aromatic rings. The van der Waals surface area contributed by atoms with Gasteiger partial charge in [0, 0.05) is 0 Å². The van der Waals surface area contributed by atoms with Gasteiger partial charge in [-0.25, -0.2) is 0 Å². The molecule has 0 bridgehead atoms. The summed E-state index contributed by atoms with van der Waals surface area (Å²) in [5.74, 6) is -13.3. The van der Waals surface area contributed by atoms with Gasteiger partial charge in [0.2, 0.25) is 12.1 Å². The van der Waals surface area contributed by atoms with Crippen molar-refractivity contribution < 1.29 is 40.3 Å². The number of nitrogens with zero attached hydrogens (tertiary/aromatic N) is 2. The molecule has 1 aromatic carbocycles. The van der Waals surface area contributed by atoms with Gasteiger partial charge >= 0.3 is 18.0 Å². The molecular formula is C17H13ClF7N3O2S. The first kappa shape index (κ1) is 23.4. The Hall–Kier alpha value is -2.28. The highest BCUT2D eigenvalue weighted by molar-refractivity contribution is 7.11. The lowest BCUT2D eigenvalue weighted by Gasteiger charge is -2.35. The summed E-state index contributed by atoms with van der Waals surface area (Å²) in [6.07, 6.45) is -9.73. The average Bonchev–Trinajstić information content (AvgIpc) is 3.20. The molecule has 1 aromatic heterocycles. The van der Waals surface area contributed by atoms with E-state index in [9.17, 15) is 35.5 Å². The predicted octanol–water partition coefficient (Wildman–Crippen LogP) is 5.08. The van der Waals surface area contributed by atoms with Gasteiger partial charge in [-0.1, -0.05) is 24.6 Å². The lowest BCUT2D eigenvalue weighted by atomic mass is 10.1. The molecule has 1 atom stereocenters. The van der Waals surface area contributed by atoms with Crippen LogP contribution >= 0.6 is 23.1 Å². The van der Waals surface area contributed by atoms with E-state index >= 15 is 0 Å². The van der Waals surface area contributed by atoms with Gasteiger partial charge in [0.1, 0.15) is 10.8 Å². The fourth-order valence-corrected chi connectivity index (χ4v) is 4.25. The molecule has 0 saturated heterocycles. The van der Waals surface area contributed by atoms with Crippen molar-refractivity contribution in [1.82, 2.24) is 4.37 Å². The number of halogens is 8. The summed E-state index contributed by atoms with van der Waals surface area (Å²) in [6.45, 7) is 1.63. The molecule has 3 rings (SSSR count). The molecule has 2 heterocycles. The Labute approximate surface area is 179 Å². The maximum atomic E-state index is 14.7. The van der Waals surface area contributed by atoms with Crippen LogP contribution in [0.5, 0.6) is 5.75 Å². The highest BCUT2D eigenvalue weighted by atomic mass is 35.5. The van der Waals surface area contributed by atoms with Crippen LogP contribution in [0.2, 0.25) is 5.02 Å². The number of rotatable bonds is 6. The zero-order chi connectivity index (χ0) is 23.4. The summed E-state index contributed by atoms with van der Waals surface area (Å²) >= 11 is 6.67. The van der Waals surface area contributed by atoms with Crippen LogP contribution in [-0.4, -0.2) is 34.5 Å². The number of ether oxygens (including phenoxy) is 1. The molecule has 31 heavy (non-hydrogen) atoms. The normalized spacial score (nSPS) is 16.9. The number of alkyl halides is 7. The molecule has 0 aliphatic carbocycles. The number of amides is 1. The van der Waals surface area contributed by atoms with Crippen LogP contribution < -0.4 is 15.4 Å². The van der Waals surface area contributed by atoms with E-state index in [-0.39, 0.29) is 39.8 Å². The Morgan fingerprint density at radius 1 is 1.26 bits per heavy atom. The van der Waals surface area contributed by atoms with E-state index in [1.54, 1.807) is 6.92 Å². The smallest absolute Gasteiger partial charge is 0.460 e. The number of carbonyl (C=O) groups excluding carboxylic acids is 1. The number of benzene rings is 1. The minimum absolute atomic E-state index is 0.194. The van der Waals surface area contributed by atoms with Crippen LogP contribution in [0.15, 0.2) is 18.2 Å². The number of hydrogen-bond acceptors (Lipinski definition) is 5. The number of primary amides is 1. The predicted molar refractivity (Wildman–Crippen MR) is 98.3 cm³/mol. The highest BCUT2D eigenvalue weighted by Gasteiger charge is 2.78. The lowest BCUT2D eigenvalue weighted by Crippen LogP contribution is -2.62. The summed E-state index contributed by atoms with van der Waals surface area (Å²) in [6, 6.07) is 3.44. The standard InChI is InChI=1S/C17H13ClF7N3O2S/c1-2-8-12(18)13(31-27-8)28-9-5-7(6-11(26)29)3-4-10(9)30-14(28)15(19,20)16(21,22)17(23,24)25/h3-5,14H,2,6H2,1H3,(H2,26,29). The second-order valence-electron chi connectivity index (χ2n) is 6.58. The second kappa shape index (κ2) is 7.69. The molecule has 5 nitrogen and oxygen atoms in total. The number of hydrogen-bond donors (Lipinski definition) is 1. The van der Waals surface area contributed by atoms with Gasteiger partial charge in [-0.15, -0.1) is 0 Å². The third-order valence-electron chi connectivity index (χ3n) is 4.46. The van der Waals surface area contributed by atoms with Crippen molar-refractivity contribution in [3.8, 4) is 5.75 Å². The highest BCUT2D eigenvalue weighted by Crippen LogP contribution is 2.56. The first-order valence-electron chi connectivity index (χ1n) is 8.55. The van der Waals surface area contributed by atoms with Gasteiger partial charge in [-0.3, -0.25) is 9.69 Å². The Bertz CT molecular complexity index is 1010. The number of anilines is 2. The average molecular weight is 492 g/mol. The van der Waals surface area contributed by atoms with Crippen LogP contribution in [0, 0.1) is 0 Å². The number of carbonyl (C=O) groups is 1. The van der Waals surface area contributed by atoms with Gasteiger partial charge in [0.25, 0.3) is 0 Å². The van der Waals surface area contributed by atoms with Crippen LogP contribution in [-0.2, 0) is 17.6 Å². The minimum Gasteiger partial charge on any atom is -0.461 e. The summed E-state index contributed by atoms with van der Waals surface area (Å²) in [4.78, 5) is 11.6. The first-order valence-corrected chi connectivity index (χ1v) is 9.71. The monoisotopic (exact) mass is 491 g/mol. The van der Waals surface area contributed by atoms with Crippen LogP contribution in [0.3, 0.4) is 0 Å². The Kier molecular flexibility index (Phi) is 5.80. The topological polar surface area (TPSA) is 68.5 Å². The minimum atomic E-state index is -6.55. The quantitative estimate of drug-likeness (QED) is 0.573. The molecule has 14 heteroatoms. The third kappa shape index (κ3) is 3.77. The van der Waals surface area contributed by atoms with Gasteiger partial charge in [0.15, 0.2) is 0 Å². The lowest BCUT2D eigenvalue weighted by molar-refractivity contribution is -0.367. The van der Waals surface area contributed by atoms with Gasteiger partial charge in [0.05, 0.1) is 22.8 Å². The van der Waals surface area contributed by atoms with Crippen molar-refractivity contribution in [2.24, 2.45) is 5.73 Å². The van der Waals surface area contributed by atoms with Gasteiger partial charge in [-0.2, -0.15) is 35.1 Å². The van der Waals surface area contributed by atoms with E-state index < -0.39 is 35.9 Å². The maximum Gasteiger partial charge on any atom is 0.460 e. The summed E-state index contributed by atoms with van der Waals surface area (Å²) in [5.41, 5.74) is 5.25. The molecule has 1 unspecified atom stereocenters. The van der Waals surface area contributed by atoms with Gasteiger partial charge < -0.3 is 10.5 Å². The van der Waals surface area contributed by atoms with E-state index in [2.05, 4.69) is 4.37 Å². The van der Waals surface area contributed by atoms with E-state index in [0.29, 0.717) is 16.4 Å². The summed E-state index contributed by atoms with van der Waals surface area (Å²) < 4.78 is 104. The zero-order valence-corrected chi connectivity index (χ0v) is 17.0. The van der Waals surface area contributed by atoms with Crippen molar-refractivity contribution in [3.63, 3.8) is 0 Å². The largest absolute Gasteiger partial charge is 0.461 e. The Balaban J connectivity index is 2.19. The zero-order valence-electron chi connectivity index (χ0n) is 15.4. The molecular weight excluding hydrogens is 479 g/mol. The summed E-state index contributed by atoms with van der Waals surface area (Å²) in [7, 11) is 0. The molecule has 0 fully saturated rings. The van der Waals surface area contributed by atoms with E-state index in [4.69, 9.17) is 22.1 Å². The maximum absolute atomic E-state index is 14.7. The third-order valence-corrected chi connectivity index (χ3v) is 5.85. The number of aromatic nitrogens is 1. The fraction of sp³-hybridized carbons (Fsp3) is 0.412. The molecule has 0 radical (unpaired) electrons. The number of nitrogens with two attached hydrogens (primary N) is 1. The van der Waals surface area contributed by atoms with Crippen LogP contribution in [0.1, 0.15) is 18.2 Å². The number of fused-ring (bicyclic) bond motifs is 1. The van der Waals surface area contributed by atoms with Crippen molar-refractivity contribution in [2.45, 2.75) is 44.0 Å². The molecule has 1 aliphatic rings. The SMILES string of the molecule is CCc1nsc(N2c3cc(CC(N)=O)ccc3OC2C(F)(F)C(F)(F)C(F)(F)F)c1Cl. The fourth-order valence-electron chi connectivity index (χ4n) is 2.93. The molecule has 1 amide bonds. The molecule has 170 valence electrons. The molecule has 0 saturated carbocycles. The second-order valence-corrected chi connectivity index (χ2v) is 7.71. The van der Waals surface area contributed by atoms with Crippen molar-refractivity contribution in [3.05, 3.63) is 34.5 Å². The number of aryl methyl sites for hydroxylation is 1. The van der Waals surface area contributed by atoms with Crippen LogP contribution in [0.4, 0.5) is 41.4 Å². The van der Waals surface area contributed by atoms with E-state index in [1.807, 2.05) is 0 Å². The van der Waals surface area contributed by atoms with E-state index in [0.717, 1.165) is 12.1 Å². The van der Waals surface area contributed by atoms with Crippen molar-refractivity contribution >= 4 is 39.7 Å². The molecule has 2 N–H and O–H groups in total. The first-order chi connectivity index (χ1) is 14.2. The van der Waals surface area contributed by atoms with Crippen molar-refractivity contribution in [2.75, 3.05) is 4.90 Å². The van der Waals surface area contributed by atoms with Gasteiger partial charge in [-0.05, 0) is 35.6 Å². The Morgan fingerprint density at radius 2 is 1.90 bits per heavy atom. The Morgan fingerprint density at radius 3 is 2.42 bits per heavy atom. The molecule has 0 spiro atoms.